The number of sulfone groups is 1. The second-order valence-electron chi connectivity index (χ2n) is 7.80. The highest BCUT2D eigenvalue weighted by Crippen LogP contribution is 2.36. The molecule has 1 atom stereocenters. The number of halogens is 1. The van der Waals surface area contributed by atoms with Crippen LogP contribution >= 0.6 is 0 Å². The molecule has 0 unspecified atom stereocenters. The zero-order valence-electron chi connectivity index (χ0n) is 16.9. The lowest BCUT2D eigenvalue weighted by Gasteiger charge is -2.12. The molecule has 3 aromatic rings. The smallest absolute Gasteiger partial charge is 0.338 e. The number of ether oxygens (including phenoxy) is 1. The maximum Gasteiger partial charge on any atom is 0.338 e. The third-order valence-corrected chi connectivity index (χ3v) is 7.10. The highest BCUT2D eigenvalue weighted by atomic mass is 32.2. The number of pyridine rings is 1. The molecule has 0 radical (unpaired) electrons. The SMILES string of the molecule is COC(=O)c1cc(C(C)C)nc2c1c(-c1ccc(F)cc1)nn2[C@@H]1CCS(=O)(=O)C1. The number of hydrogen-bond donors (Lipinski definition) is 0. The van der Waals surface area contributed by atoms with Gasteiger partial charge in [-0.25, -0.2) is 27.3 Å². The van der Waals surface area contributed by atoms with Crippen molar-refractivity contribution in [2.75, 3.05) is 18.6 Å². The highest BCUT2D eigenvalue weighted by molar-refractivity contribution is 7.91. The molecule has 0 bridgehead atoms. The van der Waals surface area contributed by atoms with Crippen LogP contribution in [0.1, 0.15) is 48.3 Å². The Labute approximate surface area is 173 Å². The van der Waals surface area contributed by atoms with Crippen molar-refractivity contribution in [2.24, 2.45) is 0 Å². The van der Waals surface area contributed by atoms with Gasteiger partial charge in [0.1, 0.15) is 11.5 Å². The Morgan fingerprint density at radius 3 is 2.53 bits per heavy atom. The topological polar surface area (TPSA) is 91.2 Å². The van der Waals surface area contributed by atoms with Crippen molar-refractivity contribution in [1.82, 2.24) is 14.8 Å². The van der Waals surface area contributed by atoms with Gasteiger partial charge in [0.15, 0.2) is 15.5 Å². The first-order valence-electron chi connectivity index (χ1n) is 9.68. The monoisotopic (exact) mass is 431 g/mol. The maximum atomic E-state index is 13.5. The summed E-state index contributed by atoms with van der Waals surface area (Å²) in [7, 11) is -1.86. The molecule has 0 N–H and O–H groups in total. The largest absolute Gasteiger partial charge is 0.465 e. The van der Waals surface area contributed by atoms with Gasteiger partial charge in [0.2, 0.25) is 0 Å². The molecule has 0 amide bonds. The van der Waals surface area contributed by atoms with E-state index in [0.717, 1.165) is 0 Å². The zero-order chi connectivity index (χ0) is 21.6. The molecule has 1 aliphatic rings. The minimum atomic E-state index is -3.16. The number of benzene rings is 1. The van der Waals surface area contributed by atoms with Crippen LogP contribution in [0.3, 0.4) is 0 Å². The molecule has 4 rings (SSSR count). The van der Waals surface area contributed by atoms with Crippen LogP contribution in [0, 0.1) is 5.82 Å². The zero-order valence-corrected chi connectivity index (χ0v) is 17.7. The van der Waals surface area contributed by atoms with Crippen LogP contribution in [0.4, 0.5) is 4.39 Å². The second kappa shape index (κ2) is 7.46. The molecule has 30 heavy (non-hydrogen) atoms. The fourth-order valence-corrected chi connectivity index (χ4v) is 5.45. The van der Waals surface area contributed by atoms with Gasteiger partial charge in [0.25, 0.3) is 0 Å². The number of methoxy groups -OCH3 is 1. The van der Waals surface area contributed by atoms with Crippen molar-refractivity contribution < 1.29 is 22.3 Å². The van der Waals surface area contributed by atoms with E-state index in [-0.39, 0.29) is 23.5 Å². The van der Waals surface area contributed by atoms with E-state index in [2.05, 4.69) is 5.10 Å². The first-order valence-corrected chi connectivity index (χ1v) is 11.5. The van der Waals surface area contributed by atoms with E-state index in [4.69, 9.17) is 9.72 Å². The van der Waals surface area contributed by atoms with Gasteiger partial charge >= 0.3 is 5.97 Å². The summed E-state index contributed by atoms with van der Waals surface area (Å²) in [6.07, 6.45) is 0.420. The molecule has 1 saturated heterocycles. The molecule has 7 nitrogen and oxygen atoms in total. The van der Waals surface area contributed by atoms with Crippen LogP contribution in [0.25, 0.3) is 22.3 Å². The molecule has 2 aromatic heterocycles. The predicted octanol–water partition coefficient (Wildman–Crippen LogP) is 3.51. The Morgan fingerprint density at radius 1 is 1.27 bits per heavy atom. The Kier molecular flexibility index (Phi) is 5.09. The van der Waals surface area contributed by atoms with Crippen LogP contribution in [0.2, 0.25) is 0 Å². The summed E-state index contributed by atoms with van der Waals surface area (Å²) in [5.41, 5.74) is 2.46. The molecular weight excluding hydrogens is 409 g/mol. The first kappa shape index (κ1) is 20.5. The molecule has 9 heteroatoms. The average molecular weight is 431 g/mol. The Hall–Kier alpha value is -2.81. The quantitative estimate of drug-likeness (QED) is 0.587. The van der Waals surface area contributed by atoms with Gasteiger partial charge in [-0.05, 0) is 42.7 Å². The van der Waals surface area contributed by atoms with E-state index >= 15 is 0 Å². The number of fused-ring (bicyclic) bond motifs is 1. The van der Waals surface area contributed by atoms with E-state index in [1.807, 2.05) is 13.8 Å². The lowest BCUT2D eigenvalue weighted by molar-refractivity contribution is 0.0602. The normalized spacial score (nSPS) is 18.2. The molecule has 1 aromatic carbocycles. The lowest BCUT2D eigenvalue weighted by atomic mass is 10.0. The average Bonchev–Trinajstić information content (AvgIpc) is 3.27. The molecule has 1 aliphatic heterocycles. The second-order valence-corrected chi connectivity index (χ2v) is 10.0. The van der Waals surface area contributed by atoms with Crippen LogP contribution in [-0.4, -0.2) is 47.8 Å². The standard InChI is InChI=1S/C21H22FN3O4S/c1-12(2)17-10-16(21(26)29-3)18-19(13-4-6-14(22)7-5-13)24-25(20(18)23-17)15-8-9-30(27,28)11-15/h4-7,10,12,15H,8-9,11H2,1-3H3/t15-/m1/s1. The molecule has 3 heterocycles. The van der Waals surface area contributed by atoms with E-state index < -0.39 is 21.6 Å². The van der Waals surface area contributed by atoms with E-state index in [1.54, 1.807) is 22.9 Å². The minimum absolute atomic E-state index is 0.0303. The summed E-state index contributed by atoms with van der Waals surface area (Å²) >= 11 is 0. The molecule has 0 spiro atoms. The fraction of sp³-hybridized carbons (Fsp3) is 0.381. The molecule has 1 fully saturated rings. The van der Waals surface area contributed by atoms with Gasteiger partial charge in [-0.15, -0.1) is 0 Å². The number of esters is 1. The fourth-order valence-electron chi connectivity index (χ4n) is 3.75. The van der Waals surface area contributed by atoms with Gasteiger partial charge < -0.3 is 4.74 Å². The number of carbonyl (C=O) groups is 1. The minimum Gasteiger partial charge on any atom is -0.465 e. The van der Waals surface area contributed by atoms with Crippen molar-refractivity contribution in [3.8, 4) is 11.3 Å². The van der Waals surface area contributed by atoms with Crippen molar-refractivity contribution in [3.05, 3.63) is 47.4 Å². The van der Waals surface area contributed by atoms with E-state index in [0.29, 0.717) is 40.0 Å². The number of hydrogen-bond acceptors (Lipinski definition) is 6. The molecule has 0 saturated carbocycles. The maximum absolute atomic E-state index is 13.5. The Bertz CT molecular complexity index is 1230. The van der Waals surface area contributed by atoms with Crippen LogP contribution in [0.15, 0.2) is 30.3 Å². The van der Waals surface area contributed by atoms with Crippen molar-refractivity contribution >= 4 is 26.8 Å². The number of nitrogens with zero attached hydrogens (tertiary/aromatic N) is 3. The highest BCUT2D eigenvalue weighted by Gasteiger charge is 2.33. The van der Waals surface area contributed by atoms with Crippen LogP contribution in [0.5, 0.6) is 0 Å². The van der Waals surface area contributed by atoms with E-state index in [1.165, 1.54) is 19.2 Å². The van der Waals surface area contributed by atoms with E-state index in [9.17, 15) is 17.6 Å². The summed E-state index contributed by atoms with van der Waals surface area (Å²) in [5.74, 6) is -0.848. The Balaban J connectivity index is 2.05. The van der Waals surface area contributed by atoms with Gasteiger partial charge in [-0.3, -0.25) is 0 Å². The molecule has 158 valence electrons. The van der Waals surface area contributed by atoms with Gasteiger partial charge in [-0.2, -0.15) is 5.10 Å². The Morgan fingerprint density at radius 2 is 1.97 bits per heavy atom. The van der Waals surface area contributed by atoms with Crippen molar-refractivity contribution in [1.29, 1.82) is 0 Å². The summed E-state index contributed by atoms with van der Waals surface area (Å²) in [6, 6.07) is 7.08. The summed E-state index contributed by atoms with van der Waals surface area (Å²) in [5, 5.41) is 5.15. The van der Waals surface area contributed by atoms with Gasteiger partial charge in [-0.1, -0.05) is 13.8 Å². The summed E-state index contributed by atoms with van der Waals surface area (Å²) in [6.45, 7) is 3.91. The number of carbonyl (C=O) groups excluding carboxylic acids is 1. The van der Waals surface area contributed by atoms with Crippen LogP contribution in [-0.2, 0) is 14.6 Å². The molecule has 0 aliphatic carbocycles. The lowest BCUT2D eigenvalue weighted by Crippen LogP contribution is -2.14. The van der Waals surface area contributed by atoms with Gasteiger partial charge in [0, 0.05) is 11.3 Å². The van der Waals surface area contributed by atoms with Crippen molar-refractivity contribution in [2.45, 2.75) is 32.2 Å². The third kappa shape index (κ3) is 3.58. The summed E-state index contributed by atoms with van der Waals surface area (Å²) < 4.78 is 44.3. The van der Waals surface area contributed by atoms with Gasteiger partial charge in [0.05, 0.1) is 35.6 Å². The number of rotatable bonds is 4. The number of aromatic nitrogens is 3. The molecular formula is C21H22FN3O4S. The summed E-state index contributed by atoms with van der Waals surface area (Å²) in [4.78, 5) is 17.4. The predicted molar refractivity (Wildman–Crippen MR) is 111 cm³/mol. The third-order valence-electron chi connectivity index (χ3n) is 5.35. The van der Waals surface area contributed by atoms with Crippen molar-refractivity contribution in [3.63, 3.8) is 0 Å². The first-order chi connectivity index (χ1) is 14.2. The van der Waals surface area contributed by atoms with Crippen LogP contribution < -0.4 is 0 Å².